The van der Waals surface area contributed by atoms with Gasteiger partial charge in [0.15, 0.2) is 5.15 Å². The highest BCUT2D eigenvalue weighted by Gasteiger charge is 2.55. The van der Waals surface area contributed by atoms with Crippen molar-refractivity contribution in [3.8, 4) is 5.88 Å². The summed E-state index contributed by atoms with van der Waals surface area (Å²) in [5.41, 5.74) is -0.535. The van der Waals surface area contributed by atoms with Gasteiger partial charge in [-0.1, -0.05) is 30.7 Å². The van der Waals surface area contributed by atoms with Gasteiger partial charge in [0.25, 0.3) is 5.88 Å². The Hall–Kier alpha value is -1.65. The number of nitrogens with zero attached hydrogens (tertiary/aromatic N) is 3. The molecule has 0 amide bonds. The first-order chi connectivity index (χ1) is 12.9. The molecule has 2 aromatic rings. The first-order valence-electron chi connectivity index (χ1n) is 8.51. The number of halogens is 4. The van der Waals surface area contributed by atoms with Gasteiger partial charge >= 0.3 is 6.18 Å². The van der Waals surface area contributed by atoms with Crippen molar-refractivity contribution in [2.75, 3.05) is 19.3 Å². The van der Waals surface area contributed by atoms with Crippen LogP contribution >= 0.6 is 11.6 Å². The Labute approximate surface area is 165 Å². The van der Waals surface area contributed by atoms with E-state index in [0.717, 1.165) is 6.26 Å². The molecule has 1 saturated heterocycles. The number of hydrogen-bond donors (Lipinski definition) is 0. The van der Waals surface area contributed by atoms with Crippen molar-refractivity contribution in [2.45, 2.75) is 32.0 Å². The molecule has 28 heavy (non-hydrogen) atoms. The predicted molar refractivity (Wildman–Crippen MR) is 98.8 cm³/mol. The molecule has 1 unspecified atom stereocenters. The summed E-state index contributed by atoms with van der Waals surface area (Å²) in [5, 5.41) is -0.259. The molecule has 1 aliphatic rings. The molecule has 154 valence electrons. The van der Waals surface area contributed by atoms with Crippen LogP contribution in [0.5, 0.6) is 5.88 Å². The van der Waals surface area contributed by atoms with Crippen LogP contribution in [-0.4, -0.2) is 54.3 Å². The third-order valence-corrected chi connectivity index (χ3v) is 6.54. The van der Waals surface area contributed by atoms with Gasteiger partial charge in [-0.05, 0) is 25.0 Å². The summed E-state index contributed by atoms with van der Waals surface area (Å²) < 4.78 is 71.4. The van der Waals surface area contributed by atoms with Crippen molar-refractivity contribution in [1.29, 1.82) is 0 Å². The average Bonchev–Trinajstić information content (AvgIpc) is 2.58. The maximum atomic E-state index is 13.9. The third-order valence-electron chi connectivity index (χ3n) is 4.99. The Bertz CT molecular complexity index is 977. The van der Waals surface area contributed by atoms with Crippen molar-refractivity contribution in [2.24, 2.45) is 5.41 Å². The molecule has 6 nitrogen and oxygen atoms in total. The molecule has 0 saturated carbocycles. The van der Waals surface area contributed by atoms with Gasteiger partial charge in [-0.25, -0.2) is 22.7 Å². The lowest BCUT2D eigenvalue weighted by Crippen LogP contribution is -2.53. The quantitative estimate of drug-likeness (QED) is 0.730. The van der Waals surface area contributed by atoms with Crippen LogP contribution in [0.4, 0.5) is 13.2 Å². The largest absolute Gasteiger partial charge is 0.462 e. The first kappa shape index (κ1) is 21.1. The van der Waals surface area contributed by atoms with E-state index in [4.69, 9.17) is 16.3 Å². The molecule has 0 radical (unpaired) electrons. The normalized spacial score (nSPS) is 19.5. The number of fused-ring (bicyclic) bond motifs is 1. The topological polar surface area (TPSA) is 72.4 Å². The molecule has 0 aliphatic carbocycles. The SMILES string of the molecule is CC1(C(Oc2nc3ccccc3nc2Cl)C(F)(F)F)CCN(S(C)(=O)=O)CC1. The summed E-state index contributed by atoms with van der Waals surface area (Å²) in [5.74, 6) is -0.394. The lowest BCUT2D eigenvalue weighted by Gasteiger charge is -2.43. The van der Waals surface area contributed by atoms with E-state index in [1.165, 1.54) is 11.2 Å². The zero-order chi connectivity index (χ0) is 20.7. The lowest BCUT2D eigenvalue weighted by molar-refractivity contribution is -0.232. The van der Waals surface area contributed by atoms with Crippen LogP contribution in [0.1, 0.15) is 19.8 Å². The summed E-state index contributed by atoms with van der Waals surface area (Å²) >= 11 is 6.01. The van der Waals surface area contributed by atoms with Crippen molar-refractivity contribution in [1.82, 2.24) is 14.3 Å². The molecule has 3 rings (SSSR count). The smallest absolute Gasteiger partial charge is 0.426 e. The number of piperidine rings is 1. The molecular formula is C17H19ClF3N3O3S. The van der Waals surface area contributed by atoms with Crippen LogP contribution in [-0.2, 0) is 10.0 Å². The second kappa shape index (κ2) is 7.31. The highest BCUT2D eigenvalue weighted by atomic mass is 35.5. The van der Waals surface area contributed by atoms with E-state index < -0.39 is 33.6 Å². The molecular weight excluding hydrogens is 419 g/mol. The Morgan fingerprint density at radius 1 is 1.18 bits per heavy atom. The molecule has 2 heterocycles. The number of sulfonamides is 1. The Morgan fingerprint density at radius 3 is 2.21 bits per heavy atom. The van der Waals surface area contributed by atoms with E-state index in [1.807, 2.05) is 0 Å². The molecule has 1 aromatic heterocycles. The molecule has 0 spiro atoms. The van der Waals surface area contributed by atoms with Gasteiger partial charge < -0.3 is 4.74 Å². The van der Waals surface area contributed by atoms with Gasteiger partial charge in [-0.2, -0.15) is 13.2 Å². The van der Waals surface area contributed by atoms with E-state index >= 15 is 0 Å². The fraction of sp³-hybridized carbons (Fsp3) is 0.529. The minimum atomic E-state index is -4.70. The molecule has 0 N–H and O–H groups in total. The van der Waals surface area contributed by atoms with Crippen LogP contribution in [0.15, 0.2) is 24.3 Å². The summed E-state index contributed by atoms with van der Waals surface area (Å²) in [6.07, 6.45) is -5.88. The Kier molecular flexibility index (Phi) is 5.50. The number of benzene rings is 1. The van der Waals surface area contributed by atoms with Crippen LogP contribution in [0.3, 0.4) is 0 Å². The fourth-order valence-corrected chi connectivity index (χ4v) is 4.37. The van der Waals surface area contributed by atoms with Crippen LogP contribution in [0, 0.1) is 5.41 Å². The van der Waals surface area contributed by atoms with E-state index in [1.54, 1.807) is 24.3 Å². The van der Waals surface area contributed by atoms with Gasteiger partial charge in [-0.3, -0.25) is 0 Å². The second-order valence-electron chi connectivity index (χ2n) is 7.16. The van der Waals surface area contributed by atoms with Gasteiger partial charge in [0.1, 0.15) is 0 Å². The summed E-state index contributed by atoms with van der Waals surface area (Å²) in [6, 6.07) is 6.63. The van der Waals surface area contributed by atoms with Crippen molar-refractivity contribution < 1.29 is 26.3 Å². The first-order valence-corrected chi connectivity index (χ1v) is 10.7. The van der Waals surface area contributed by atoms with Gasteiger partial charge in [0.2, 0.25) is 16.1 Å². The van der Waals surface area contributed by atoms with Crippen molar-refractivity contribution in [3.05, 3.63) is 29.4 Å². The van der Waals surface area contributed by atoms with Crippen molar-refractivity contribution >= 4 is 32.7 Å². The van der Waals surface area contributed by atoms with Crippen LogP contribution in [0.2, 0.25) is 5.15 Å². The number of ether oxygens (including phenoxy) is 1. The minimum Gasteiger partial charge on any atom is -0.462 e. The predicted octanol–water partition coefficient (Wildman–Crippen LogP) is 3.65. The van der Waals surface area contributed by atoms with E-state index in [2.05, 4.69) is 9.97 Å². The van der Waals surface area contributed by atoms with Gasteiger partial charge in [0, 0.05) is 18.5 Å². The standard InChI is InChI=1S/C17H19ClF3N3O3S/c1-16(7-9-24(10-8-16)28(2,25)26)15(17(19,20)21)27-14-13(18)22-11-5-3-4-6-12(11)23-14/h3-6,15H,7-10H2,1-2H3. The third kappa shape index (κ3) is 4.33. The van der Waals surface area contributed by atoms with Crippen molar-refractivity contribution in [3.63, 3.8) is 0 Å². The molecule has 1 aliphatic heterocycles. The number of para-hydroxylation sites is 2. The average molecular weight is 438 g/mol. The van der Waals surface area contributed by atoms with Crippen LogP contribution in [0.25, 0.3) is 11.0 Å². The minimum absolute atomic E-state index is 0.0110. The summed E-state index contributed by atoms with van der Waals surface area (Å²) in [7, 11) is -3.46. The molecule has 11 heteroatoms. The molecule has 0 bridgehead atoms. The zero-order valence-electron chi connectivity index (χ0n) is 15.2. The maximum absolute atomic E-state index is 13.9. The zero-order valence-corrected chi connectivity index (χ0v) is 16.8. The highest BCUT2D eigenvalue weighted by molar-refractivity contribution is 7.88. The molecule has 1 aromatic carbocycles. The second-order valence-corrected chi connectivity index (χ2v) is 9.50. The van der Waals surface area contributed by atoms with Crippen LogP contribution < -0.4 is 4.74 Å². The number of rotatable bonds is 4. The monoisotopic (exact) mass is 437 g/mol. The van der Waals surface area contributed by atoms with E-state index in [9.17, 15) is 21.6 Å². The van der Waals surface area contributed by atoms with Gasteiger partial charge in [-0.15, -0.1) is 0 Å². The molecule has 1 atom stereocenters. The molecule has 1 fully saturated rings. The van der Waals surface area contributed by atoms with Gasteiger partial charge in [0.05, 0.1) is 17.3 Å². The van der Waals surface area contributed by atoms with E-state index in [-0.39, 0.29) is 31.1 Å². The fourth-order valence-electron chi connectivity index (χ4n) is 3.34. The Morgan fingerprint density at radius 2 is 1.71 bits per heavy atom. The highest BCUT2D eigenvalue weighted by Crippen LogP contribution is 2.44. The summed E-state index contributed by atoms with van der Waals surface area (Å²) in [4.78, 5) is 8.13. The number of hydrogen-bond acceptors (Lipinski definition) is 5. The lowest BCUT2D eigenvalue weighted by atomic mass is 9.75. The van der Waals surface area contributed by atoms with E-state index in [0.29, 0.717) is 11.0 Å². The maximum Gasteiger partial charge on any atom is 0.426 e. The number of alkyl halides is 3. The summed E-state index contributed by atoms with van der Waals surface area (Å²) in [6.45, 7) is 1.41. The number of aromatic nitrogens is 2. The Balaban J connectivity index is 1.91.